The monoisotopic (exact) mass is 240 g/mol. The molecule has 1 aromatic heterocycles. The Balaban J connectivity index is 3.00. The number of pyridine rings is 1. The summed E-state index contributed by atoms with van der Waals surface area (Å²) in [6, 6.07) is 1.43. The molecule has 0 aliphatic heterocycles. The lowest BCUT2D eigenvalue weighted by Gasteiger charge is -2.18. The number of aliphatic hydroxyl groups excluding tert-OH is 2. The van der Waals surface area contributed by atoms with Crippen molar-refractivity contribution in [1.82, 2.24) is 4.98 Å². The van der Waals surface area contributed by atoms with Crippen LogP contribution in [0.1, 0.15) is 28.4 Å². The Hall–Kier alpha value is -1.50. The van der Waals surface area contributed by atoms with Crippen molar-refractivity contribution in [2.75, 3.05) is 13.7 Å². The van der Waals surface area contributed by atoms with Crippen molar-refractivity contribution in [3.05, 3.63) is 29.6 Å². The molecule has 0 saturated heterocycles. The van der Waals surface area contributed by atoms with E-state index in [1.807, 2.05) is 0 Å². The summed E-state index contributed by atoms with van der Waals surface area (Å²) in [5, 5.41) is 19.5. The van der Waals surface area contributed by atoms with Crippen LogP contribution in [0.2, 0.25) is 0 Å². The minimum atomic E-state index is -1.21. The number of carbonyl (C=O) groups excluding carboxylic acids is 1. The molecule has 1 heterocycles. The van der Waals surface area contributed by atoms with E-state index >= 15 is 0 Å². The quantitative estimate of drug-likeness (QED) is 0.605. The molecule has 0 aromatic carbocycles. The van der Waals surface area contributed by atoms with Crippen LogP contribution < -0.4 is 5.73 Å². The maximum atomic E-state index is 11.5. The van der Waals surface area contributed by atoms with E-state index in [1.54, 1.807) is 0 Å². The standard InChI is InChI=1S/C11H16N2O4/c1-17-11(16)7-3-5-13-6-8(7)10(15)9(14)2-4-12/h3,5-6,9-10,14-15H,2,4,12H2,1H3. The van der Waals surface area contributed by atoms with E-state index in [1.165, 1.54) is 25.6 Å². The van der Waals surface area contributed by atoms with Gasteiger partial charge in [-0.1, -0.05) is 0 Å². The van der Waals surface area contributed by atoms with E-state index in [9.17, 15) is 15.0 Å². The van der Waals surface area contributed by atoms with Gasteiger partial charge in [-0.25, -0.2) is 4.79 Å². The highest BCUT2D eigenvalue weighted by Gasteiger charge is 2.23. The van der Waals surface area contributed by atoms with Gasteiger partial charge in [-0.05, 0) is 19.0 Å². The molecule has 0 spiro atoms. The number of hydrogen-bond acceptors (Lipinski definition) is 6. The number of rotatable bonds is 5. The first-order chi connectivity index (χ1) is 8.11. The van der Waals surface area contributed by atoms with Crippen LogP contribution in [0, 0.1) is 0 Å². The Morgan fingerprint density at radius 1 is 1.59 bits per heavy atom. The fraction of sp³-hybridized carbons (Fsp3) is 0.455. The van der Waals surface area contributed by atoms with E-state index in [2.05, 4.69) is 9.72 Å². The van der Waals surface area contributed by atoms with E-state index in [4.69, 9.17) is 5.73 Å². The maximum Gasteiger partial charge on any atom is 0.338 e. The third-order valence-corrected chi connectivity index (χ3v) is 2.40. The summed E-state index contributed by atoms with van der Waals surface area (Å²) in [6.07, 6.45) is 0.736. The van der Waals surface area contributed by atoms with E-state index in [0.717, 1.165) is 0 Å². The van der Waals surface area contributed by atoms with Crippen LogP contribution in [0.5, 0.6) is 0 Å². The lowest BCUT2D eigenvalue weighted by Crippen LogP contribution is -2.23. The van der Waals surface area contributed by atoms with Crippen molar-refractivity contribution in [2.24, 2.45) is 5.73 Å². The molecule has 94 valence electrons. The molecule has 0 bridgehead atoms. The molecule has 2 unspecified atom stereocenters. The highest BCUT2D eigenvalue weighted by atomic mass is 16.5. The van der Waals surface area contributed by atoms with Crippen molar-refractivity contribution in [3.8, 4) is 0 Å². The molecule has 0 saturated carbocycles. The second kappa shape index (κ2) is 6.29. The molecule has 0 aliphatic carbocycles. The van der Waals surface area contributed by atoms with E-state index < -0.39 is 18.2 Å². The van der Waals surface area contributed by atoms with Crippen molar-refractivity contribution < 1.29 is 19.7 Å². The lowest BCUT2D eigenvalue weighted by atomic mass is 9.99. The minimum absolute atomic E-state index is 0.186. The summed E-state index contributed by atoms with van der Waals surface area (Å²) in [6.45, 7) is 0.242. The van der Waals surface area contributed by atoms with Crippen LogP contribution in [0.3, 0.4) is 0 Å². The Morgan fingerprint density at radius 2 is 2.29 bits per heavy atom. The van der Waals surface area contributed by atoms with Crippen LogP contribution in [-0.2, 0) is 4.74 Å². The molecule has 0 aliphatic rings. The van der Waals surface area contributed by atoms with Crippen molar-refractivity contribution >= 4 is 5.97 Å². The largest absolute Gasteiger partial charge is 0.465 e. The average molecular weight is 240 g/mol. The number of aromatic nitrogens is 1. The minimum Gasteiger partial charge on any atom is -0.465 e. The molecule has 4 N–H and O–H groups in total. The second-order valence-corrected chi connectivity index (χ2v) is 3.54. The van der Waals surface area contributed by atoms with Crippen LogP contribution in [0.25, 0.3) is 0 Å². The fourth-order valence-corrected chi connectivity index (χ4v) is 1.47. The first-order valence-corrected chi connectivity index (χ1v) is 5.20. The maximum absolute atomic E-state index is 11.5. The molecule has 0 radical (unpaired) electrons. The summed E-state index contributed by atoms with van der Waals surface area (Å²) < 4.78 is 4.58. The number of nitrogens with two attached hydrogens (primary N) is 1. The Morgan fingerprint density at radius 3 is 2.88 bits per heavy atom. The number of carbonyl (C=O) groups is 1. The highest BCUT2D eigenvalue weighted by Crippen LogP contribution is 2.22. The van der Waals surface area contributed by atoms with Crippen LogP contribution in [-0.4, -0.2) is 40.9 Å². The molecule has 0 amide bonds. The van der Waals surface area contributed by atoms with Gasteiger partial charge >= 0.3 is 5.97 Å². The first-order valence-electron chi connectivity index (χ1n) is 5.20. The Labute approximate surface area is 99.0 Å². The molecular weight excluding hydrogens is 224 g/mol. The van der Waals surface area contributed by atoms with Gasteiger partial charge in [-0.3, -0.25) is 4.98 Å². The molecule has 17 heavy (non-hydrogen) atoms. The number of hydrogen-bond donors (Lipinski definition) is 3. The van der Waals surface area contributed by atoms with Gasteiger partial charge in [0.25, 0.3) is 0 Å². The van der Waals surface area contributed by atoms with Crippen LogP contribution in [0.15, 0.2) is 18.5 Å². The smallest absolute Gasteiger partial charge is 0.338 e. The van der Waals surface area contributed by atoms with Gasteiger partial charge in [0.15, 0.2) is 0 Å². The third kappa shape index (κ3) is 3.23. The summed E-state index contributed by atoms with van der Waals surface area (Å²) in [7, 11) is 1.25. The normalized spacial score (nSPS) is 14.1. The predicted octanol–water partition coefficient (Wildman–Crippen LogP) is -0.389. The SMILES string of the molecule is COC(=O)c1ccncc1C(O)C(O)CCN. The zero-order valence-electron chi connectivity index (χ0n) is 9.54. The van der Waals surface area contributed by atoms with E-state index in [-0.39, 0.29) is 24.1 Å². The lowest BCUT2D eigenvalue weighted by molar-refractivity contribution is 0.0136. The molecule has 1 rings (SSSR count). The van der Waals surface area contributed by atoms with Gasteiger partial charge in [0.2, 0.25) is 0 Å². The first kappa shape index (κ1) is 13.6. The number of nitrogens with zero attached hydrogens (tertiary/aromatic N) is 1. The highest BCUT2D eigenvalue weighted by molar-refractivity contribution is 5.90. The van der Waals surface area contributed by atoms with Gasteiger partial charge in [-0.15, -0.1) is 0 Å². The summed E-state index contributed by atoms with van der Waals surface area (Å²) >= 11 is 0. The number of methoxy groups -OCH3 is 1. The average Bonchev–Trinajstić information content (AvgIpc) is 2.37. The Bertz CT molecular complexity index is 383. The topological polar surface area (TPSA) is 106 Å². The predicted molar refractivity (Wildman–Crippen MR) is 60.2 cm³/mol. The molecule has 6 heteroatoms. The van der Waals surface area contributed by atoms with Crippen LogP contribution in [0.4, 0.5) is 0 Å². The number of esters is 1. The van der Waals surface area contributed by atoms with Gasteiger partial charge in [0.05, 0.1) is 18.8 Å². The summed E-state index contributed by atoms with van der Waals surface area (Å²) in [4.78, 5) is 15.3. The second-order valence-electron chi connectivity index (χ2n) is 3.54. The van der Waals surface area contributed by atoms with Gasteiger partial charge in [0.1, 0.15) is 6.10 Å². The van der Waals surface area contributed by atoms with Crippen molar-refractivity contribution in [1.29, 1.82) is 0 Å². The third-order valence-electron chi connectivity index (χ3n) is 2.40. The zero-order chi connectivity index (χ0) is 12.8. The molecule has 0 fully saturated rings. The van der Waals surface area contributed by atoms with Gasteiger partial charge in [0, 0.05) is 18.0 Å². The fourth-order valence-electron chi connectivity index (χ4n) is 1.47. The molecule has 6 nitrogen and oxygen atoms in total. The molecular formula is C11H16N2O4. The molecule has 2 atom stereocenters. The van der Waals surface area contributed by atoms with E-state index in [0.29, 0.717) is 0 Å². The van der Waals surface area contributed by atoms with Crippen LogP contribution >= 0.6 is 0 Å². The van der Waals surface area contributed by atoms with Crippen molar-refractivity contribution in [2.45, 2.75) is 18.6 Å². The number of aliphatic hydroxyl groups is 2. The summed E-state index contributed by atoms with van der Waals surface area (Å²) in [5.41, 5.74) is 5.71. The number of ether oxygens (including phenoxy) is 1. The van der Waals surface area contributed by atoms with Gasteiger partial charge in [-0.2, -0.15) is 0 Å². The van der Waals surface area contributed by atoms with Gasteiger partial charge < -0.3 is 20.7 Å². The van der Waals surface area contributed by atoms with Crippen molar-refractivity contribution in [3.63, 3.8) is 0 Å². The Kier molecular flexibility index (Phi) is 5.02. The zero-order valence-corrected chi connectivity index (χ0v) is 9.54. The summed E-state index contributed by atoms with van der Waals surface area (Å²) in [5.74, 6) is -0.582. The molecule has 1 aromatic rings.